The fourth-order valence-corrected chi connectivity index (χ4v) is 4.89. The molecule has 3 aromatic rings. The number of alkyl halides is 3. The maximum Gasteiger partial charge on any atom is 0.408 e. The Kier molecular flexibility index (Phi) is 6.58. The summed E-state index contributed by atoms with van der Waals surface area (Å²) in [6, 6.07) is 0.975. The van der Waals surface area contributed by atoms with E-state index >= 15 is 0 Å². The van der Waals surface area contributed by atoms with E-state index in [0.717, 1.165) is 11.0 Å². The van der Waals surface area contributed by atoms with Gasteiger partial charge in [-0.05, 0) is 43.7 Å². The number of fused-ring (bicyclic) bond motifs is 1. The molecule has 1 unspecified atom stereocenters. The van der Waals surface area contributed by atoms with E-state index in [-0.39, 0.29) is 42.3 Å². The Morgan fingerprint density at radius 3 is 2.42 bits per heavy atom. The fraction of sp³-hybridized carbons (Fsp3) is 0.400. The van der Waals surface area contributed by atoms with Crippen LogP contribution in [0.25, 0.3) is 16.7 Å². The normalized spacial score (nSPS) is 18.7. The van der Waals surface area contributed by atoms with Crippen LogP contribution in [0.2, 0.25) is 0 Å². The topological polar surface area (TPSA) is 87.5 Å². The Morgan fingerprint density at radius 1 is 1.13 bits per heavy atom. The molecule has 0 radical (unpaired) electrons. The Balaban J connectivity index is 1.70. The number of benzene rings is 1. The maximum atomic E-state index is 14.9. The van der Waals surface area contributed by atoms with Gasteiger partial charge in [-0.1, -0.05) is 0 Å². The van der Waals surface area contributed by atoms with Crippen molar-refractivity contribution >= 4 is 22.8 Å². The van der Waals surface area contributed by atoms with Gasteiger partial charge in [-0.2, -0.15) is 13.2 Å². The number of aromatic nitrogens is 2. The van der Waals surface area contributed by atoms with Crippen LogP contribution in [0.15, 0.2) is 35.3 Å². The molecule has 2 aromatic heterocycles. The molecule has 0 bridgehead atoms. The lowest BCUT2D eigenvalue weighted by atomic mass is 10.1. The van der Waals surface area contributed by atoms with E-state index in [0.29, 0.717) is 31.3 Å². The molecule has 1 aromatic carbocycles. The van der Waals surface area contributed by atoms with Gasteiger partial charge in [0.1, 0.15) is 28.9 Å². The molecular weight excluding hydrogens is 518 g/mol. The zero-order valence-electron chi connectivity index (χ0n) is 19.7. The lowest BCUT2D eigenvalue weighted by molar-refractivity contribution is -0.158. The first-order chi connectivity index (χ1) is 18.0. The second-order valence-electron chi connectivity index (χ2n) is 9.50. The number of carbonyl (C=O) groups excluding carboxylic acids is 1. The lowest BCUT2D eigenvalue weighted by Gasteiger charge is -2.25. The predicted octanol–water partition coefficient (Wildman–Crippen LogP) is 3.83. The van der Waals surface area contributed by atoms with Crippen LogP contribution in [0.4, 0.5) is 32.2 Å². The summed E-state index contributed by atoms with van der Waals surface area (Å²) in [6.07, 6.45) is -2.17. The Labute approximate surface area is 211 Å². The highest BCUT2D eigenvalue weighted by Gasteiger charge is 2.50. The molecule has 13 heteroatoms. The third kappa shape index (κ3) is 4.70. The van der Waals surface area contributed by atoms with Crippen molar-refractivity contribution in [2.45, 2.75) is 43.9 Å². The molecular formula is C25H22F6N4O3. The van der Waals surface area contributed by atoms with Gasteiger partial charge in [0.2, 0.25) is 5.43 Å². The quantitative estimate of drug-likeness (QED) is 0.465. The summed E-state index contributed by atoms with van der Waals surface area (Å²) >= 11 is 0. The van der Waals surface area contributed by atoms with E-state index in [1.54, 1.807) is 4.90 Å². The molecule has 1 aliphatic carbocycles. The average Bonchev–Trinajstić information content (AvgIpc) is 3.57. The van der Waals surface area contributed by atoms with Crippen LogP contribution >= 0.6 is 0 Å². The first-order valence-corrected chi connectivity index (χ1v) is 12.0. The number of amides is 1. The molecule has 2 N–H and O–H groups in total. The summed E-state index contributed by atoms with van der Waals surface area (Å²) in [5.74, 6) is -5.92. The molecule has 1 amide bonds. The highest BCUT2D eigenvalue weighted by Crippen LogP contribution is 2.40. The second-order valence-corrected chi connectivity index (χ2v) is 9.50. The minimum atomic E-state index is -4.77. The molecule has 1 aliphatic heterocycles. The molecule has 0 spiro atoms. The number of nitrogens with zero attached hydrogens (tertiary/aromatic N) is 3. The highest BCUT2D eigenvalue weighted by atomic mass is 19.4. The molecule has 1 saturated heterocycles. The summed E-state index contributed by atoms with van der Waals surface area (Å²) in [7, 11) is 0. The van der Waals surface area contributed by atoms with Crippen molar-refractivity contribution in [2.75, 3.05) is 18.1 Å². The number of carbonyl (C=O) groups is 1. The van der Waals surface area contributed by atoms with Crippen molar-refractivity contribution in [1.29, 1.82) is 0 Å². The van der Waals surface area contributed by atoms with Gasteiger partial charge >= 0.3 is 6.18 Å². The van der Waals surface area contributed by atoms with Crippen molar-refractivity contribution in [1.82, 2.24) is 14.9 Å². The number of aliphatic hydroxyl groups excluding tert-OH is 1. The minimum absolute atomic E-state index is 0.186. The predicted molar refractivity (Wildman–Crippen MR) is 125 cm³/mol. The fourth-order valence-electron chi connectivity index (χ4n) is 4.89. The number of hydrogen-bond acceptors (Lipinski definition) is 5. The van der Waals surface area contributed by atoms with Crippen LogP contribution in [0.3, 0.4) is 0 Å². The smallest absolute Gasteiger partial charge is 0.394 e. The van der Waals surface area contributed by atoms with Crippen LogP contribution in [-0.2, 0) is 0 Å². The lowest BCUT2D eigenvalue weighted by Crippen LogP contribution is -2.48. The maximum absolute atomic E-state index is 14.9. The Bertz CT molecular complexity index is 1450. The van der Waals surface area contributed by atoms with Crippen LogP contribution < -0.4 is 15.6 Å². The zero-order valence-corrected chi connectivity index (χ0v) is 19.7. The number of anilines is 1. The number of pyridine rings is 2. The first-order valence-electron chi connectivity index (χ1n) is 12.0. The summed E-state index contributed by atoms with van der Waals surface area (Å²) in [6.45, 7) is 0.321. The van der Waals surface area contributed by atoms with E-state index in [2.05, 4.69) is 4.98 Å². The highest BCUT2D eigenvalue weighted by molar-refractivity contribution is 5.97. The molecule has 2 aliphatic rings. The summed E-state index contributed by atoms with van der Waals surface area (Å²) in [4.78, 5) is 32.3. The molecule has 3 heterocycles. The van der Waals surface area contributed by atoms with Crippen molar-refractivity contribution in [3.8, 4) is 5.69 Å². The van der Waals surface area contributed by atoms with E-state index in [4.69, 9.17) is 0 Å². The SMILES string of the molecule is O=C(NC(C1CC1)C(F)(F)F)c1cn(-c2c(F)cc(F)cc2F)c2nc(N3CCC[C@H]3CO)ccc2c1=O. The van der Waals surface area contributed by atoms with Gasteiger partial charge in [0.05, 0.1) is 18.0 Å². The number of rotatable bonds is 6. The second kappa shape index (κ2) is 9.61. The van der Waals surface area contributed by atoms with Crippen molar-refractivity contribution < 1.29 is 36.2 Å². The van der Waals surface area contributed by atoms with Crippen LogP contribution in [0, 0.1) is 23.4 Å². The third-order valence-electron chi connectivity index (χ3n) is 6.92. The van der Waals surface area contributed by atoms with Gasteiger partial charge in [0.15, 0.2) is 17.3 Å². The molecule has 7 nitrogen and oxygen atoms in total. The molecule has 1 saturated carbocycles. The Morgan fingerprint density at radius 2 is 1.82 bits per heavy atom. The average molecular weight is 540 g/mol. The van der Waals surface area contributed by atoms with Gasteiger partial charge in [-0.15, -0.1) is 0 Å². The van der Waals surface area contributed by atoms with Gasteiger partial charge in [-0.3, -0.25) is 14.2 Å². The standard InChI is InChI=1S/C25H22F6N4O3/c26-13-8-17(27)20(18(28)9-13)35-10-16(24(38)33-22(12-3-4-12)25(29,30)31)21(37)15-5-6-19(32-23(15)35)34-7-1-2-14(34)11-36/h5-6,8-10,12,14,22,36H,1-4,7,11H2,(H,33,38)/t14-,22?/m0/s1. The number of aliphatic hydroxyl groups is 1. The van der Waals surface area contributed by atoms with E-state index in [9.17, 15) is 41.0 Å². The summed E-state index contributed by atoms with van der Waals surface area (Å²) in [5.41, 5.74) is -2.96. The largest absolute Gasteiger partial charge is 0.408 e. The summed E-state index contributed by atoms with van der Waals surface area (Å²) in [5, 5.41) is 11.2. The molecule has 202 valence electrons. The molecule has 5 rings (SSSR count). The number of hydrogen-bond donors (Lipinski definition) is 2. The molecule has 2 atom stereocenters. The monoisotopic (exact) mass is 540 g/mol. The van der Waals surface area contributed by atoms with Crippen molar-refractivity contribution in [2.24, 2.45) is 5.92 Å². The number of halogens is 6. The van der Waals surface area contributed by atoms with Crippen molar-refractivity contribution in [3.05, 3.63) is 63.7 Å². The van der Waals surface area contributed by atoms with E-state index in [1.165, 1.54) is 12.1 Å². The number of nitrogens with one attached hydrogen (secondary N) is 1. The first kappa shape index (κ1) is 26.0. The minimum Gasteiger partial charge on any atom is -0.394 e. The molecule has 2 fully saturated rings. The molecule has 38 heavy (non-hydrogen) atoms. The van der Waals surface area contributed by atoms with Crippen LogP contribution in [0.5, 0.6) is 0 Å². The van der Waals surface area contributed by atoms with Gasteiger partial charge in [0, 0.05) is 24.9 Å². The zero-order chi connectivity index (χ0) is 27.4. The third-order valence-corrected chi connectivity index (χ3v) is 6.92. The van der Waals surface area contributed by atoms with Crippen LogP contribution in [-0.4, -0.2) is 52.0 Å². The van der Waals surface area contributed by atoms with Gasteiger partial charge in [-0.25, -0.2) is 18.2 Å². The van der Waals surface area contributed by atoms with Crippen molar-refractivity contribution in [3.63, 3.8) is 0 Å². The Hall–Kier alpha value is -3.61. The van der Waals surface area contributed by atoms with Crippen LogP contribution in [0.1, 0.15) is 36.0 Å². The summed E-state index contributed by atoms with van der Waals surface area (Å²) < 4.78 is 84.6. The van der Waals surface area contributed by atoms with Gasteiger partial charge in [0.25, 0.3) is 5.91 Å². The van der Waals surface area contributed by atoms with E-state index < -0.39 is 58.2 Å². The van der Waals surface area contributed by atoms with Gasteiger partial charge < -0.3 is 15.3 Å². The van der Waals surface area contributed by atoms with E-state index in [1.807, 2.05) is 5.32 Å².